The Morgan fingerprint density at radius 2 is 2.32 bits per heavy atom. The molecule has 19 heavy (non-hydrogen) atoms. The number of hydrogen-bond acceptors (Lipinski definition) is 1. The largest absolute Gasteiger partial charge is 0.310 e. The van der Waals surface area contributed by atoms with E-state index in [0.29, 0.717) is 0 Å². The van der Waals surface area contributed by atoms with Crippen molar-refractivity contribution in [1.82, 2.24) is 4.40 Å². The average molecular weight is 252 g/mol. The lowest BCUT2D eigenvalue weighted by Crippen LogP contribution is -1.93. The highest BCUT2D eigenvalue weighted by Crippen LogP contribution is 2.25. The summed E-state index contributed by atoms with van der Waals surface area (Å²) in [6.07, 6.45) is 3.89. The molecule has 0 bridgehead atoms. The maximum atomic E-state index is 8.59. The fraction of sp³-hybridized carbons (Fsp3) is 0.333. The summed E-state index contributed by atoms with van der Waals surface area (Å²) in [5, 5.41) is 3.78. The quantitative estimate of drug-likeness (QED) is 0.335. The minimum Gasteiger partial charge on any atom is -0.310 e. The number of aromatic nitrogens is 1. The molecule has 0 aliphatic carbocycles. The predicted octanol–water partition coefficient (Wildman–Crippen LogP) is 4.46. The van der Waals surface area contributed by atoms with E-state index in [-0.39, 0.29) is 6.04 Å². The molecule has 0 saturated carbocycles. The van der Waals surface area contributed by atoms with Crippen molar-refractivity contribution in [3.63, 3.8) is 0 Å². The third-order valence-electron chi connectivity index (χ3n) is 2.97. The van der Waals surface area contributed by atoms with Crippen LogP contribution in [0.25, 0.3) is 16.0 Å². The van der Waals surface area contributed by atoms with Gasteiger partial charge in [-0.3, -0.25) is 0 Å². The summed E-state index contributed by atoms with van der Waals surface area (Å²) in [7, 11) is 0. The van der Waals surface area contributed by atoms with Gasteiger partial charge in [0.25, 0.3) is 0 Å². The van der Waals surface area contributed by atoms with Gasteiger partial charge in [-0.15, -0.1) is 0 Å². The van der Waals surface area contributed by atoms with E-state index >= 15 is 0 Å². The zero-order valence-corrected chi connectivity index (χ0v) is 11.2. The summed E-state index contributed by atoms with van der Waals surface area (Å²) in [6.45, 7) is 3.99. The van der Waals surface area contributed by atoms with E-state index in [0.717, 1.165) is 29.6 Å². The van der Waals surface area contributed by atoms with E-state index in [1.54, 1.807) is 0 Å². The maximum Gasteiger partial charge on any atom is 0.100 e. The molecule has 0 radical (unpaired) electrons. The molecule has 2 aromatic rings. The molecular weight excluding hydrogens is 236 g/mol. The van der Waals surface area contributed by atoms with Crippen molar-refractivity contribution in [3.8, 4) is 11.8 Å². The molecular formula is C15H16N4. The van der Waals surface area contributed by atoms with Crippen LogP contribution in [-0.4, -0.2) is 4.40 Å². The second-order valence-electron chi connectivity index (χ2n) is 4.38. The Labute approximate surface area is 112 Å². The highest BCUT2D eigenvalue weighted by molar-refractivity contribution is 5.58. The molecule has 2 rings (SSSR count). The lowest BCUT2D eigenvalue weighted by molar-refractivity contribution is 0.803. The SMILES string of the molecule is CCCC#Cc1c(C(C)N=[N+]=[N-])cc2ccccn12. The minimum atomic E-state index is -0.212. The first-order valence-electron chi connectivity index (χ1n) is 6.41. The number of nitrogens with zero attached hydrogens (tertiary/aromatic N) is 4. The first kappa shape index (κ1) is 13.1. The molecule has 4 nitrogen and oxygen atoms in total. The summed E-state index contributed by atoms with van der Waals surface area (Å²) in [5.74, 6) is 6.37. The molecule has 2 aromatic heterocycles. The van der Waals surface area contributed by atoms with Crippen LogP contribution in [0.5, 0.6) is 0 Å². The van der Waals surface area contributed by atoms with Gasteiger partial charge < -0.3 is 4.40 Å². The molecule has 1 atom stereocenters. The molecule has 0 fully saturated rings. The lowest BCUT2D eigenvalue weighted by atomic mass is 10.1. The van der Waals surface area contributed by atoms with E-state index in [1.807, 2.05) is 41.8 Å². The van der Waals surface area contributed by atoms with Gasteiger partial charge in [-0.05, 0) is 41.6 Å². The lowest BCUT2D eigenvalue weighted by Gasteiger charge is -2.03. The van der Waals surface area contributed by atoms with Crippen LogP contribution in [0.3, 0.4) is 0 Å². The van der Waals surface area contributed by atoms with Gasteiger partial charge in [0.05, 0.1) is 6.04 Å². The molecule has 0 N–H and O–H groups in total. The highest BCUT2D eigenvalue weighted by atomic mass is 15.1. The Hall–Kier alpha value is -2.37. The van der Waals surface area contributed by atoms with E-state index < -0.39 is 0 Å². The van der Waals surface area contributed by atoms with Gasteiger partial charge in [-0.25, -0.2) is 0 Å². The van der Waals surface area contributed by atoms with Gasteiger partial charge in [0.2, 0.25) is 0 Å². The van der Waals surface area contributed by atoms with Crippen LogP contribution in [0.4, 0.5) is 0 Å². The summed E-state index contributed by atoms with van der Waals surface area (Å²) >= 11 is 0. The zero-order chi connectivity index (χ0) is 13.7. The van der Waals surface area contributed by atoms with Crippen LogP contribution in [0, 0.1) is 11.8 Å². The van der Waals surface area contributed by atoms with Crippen molar-refractivity contribution in [3.05, 3.63) is 52.2 Å². The summed E-state index contributed by atoms with van der Waals surface area (Å²) < 4.78 is 2.04. The van der Waals surface area contributed by atoms with Crippen LogP contribution in [-0.2, 0) is 0 Å². The molecule has 0 aliphatic heterocycles. The van der Waals surface area contributed by atoms with Crippen LogP contribution < -0.4 is 0 Å². The summed E-state index contributed by atoms with van der Waals surface area (Å²) in [4.78, 5) is 2.89. The number of azide groups is 1. The normalized spacial score (nSPS) is 11.5. The molecule has 0 aromatic carbocycles. The number of unbranched alkanes of at least 4 members (excludes halogenated alkanes) is 1. The number of fused-ring (bicyclic) bond motifs is 1. The van der Waals surface area contributed by atoms with Crippen molar-refractivity contribution in [2.24, 2.45) is 5.11 Å². The third-order valence-corrected chi connectivity index (χ3v) is 2.97. The standard InChI is InChI=1S/C15H16N4/c1-3-4-5-9-15-14(12(2)17-18-16)11-13-8-6-7-10-19(13)15/h6-8,10-12H,3-4H2,1-2H3. The number of hydrogen-bond donors (Lipinski definition) is 0. The Morgan fingerprint density at radius 1 is 1.47 bits per heavy atom. The average Bonchev–Trinajstić information content (AvgIpc) is 2.79. The van der Waals surface area contributed by atoms with Crippen LogP contribution in [0.2, 0.25) is 0 Å². The molecule has 2 heterocycles. The van der Waals surface area contributed by atoms with E-state index in [2.05, 4.69) is 28.8 Å². The number of rotatable bonds is 3. The second kappa shape index (κ2) is 5.99. The molecule has 0 aliphatic rings. The zero-order valence-electron chi connectivity index (χ0n) is 11.2. The minimum absolute atomic E-state index is 0.212. The second-order valence-corrected chi connectivity index (χ2v) is 4.38. The third kappa shape index (κ3) is 2.73. The predicted molar refractivity (Wildman–Crippen MR) is 76.7 cm³/mol. The Morgan fingerprint density at radius 3 is 3.05 bits per heavy atom. The van der Waals surface area contributed by atoms with E-state index in [1.165, 1.54) is 0 Å². The summed E-state index contributed by atoms with van der Waals surface area (Å²) in [6, 6.07) is 7.81. The molecule has 0 saturated heterocycles. The van der Waals surface area contributed by atoms with Crippen LogP contribution >= 0.6 is 0 Å². The number of pyridine rings is 1. The smallest absolute Gasteiger partial charge is 0.100 e. The Balaban J connectivity index is 2.59. The molecule has 0 amide bonds. The molecule has 4 heteroatoms. The van der Waals surface area contributed by atoms with Crippen molar-refractivity contribution in [2.45, 2.75) is 32.7 Å². The van der Waals surface area contributed by atoms with E-state index in [9.17, 15) is 0 Å². The highest BCUT2D eigenvalue weighted by Gasteiger charge is 2.13. The van der Waals surface area contributed by atoms with Crippen molar-refractivity contribution >= 4 is 5.52 Å². The molecule has 1 unspecified atom stereocenters. The van der Waals surface area contributed by atoms with Crippen LogP contribution in [0.1, 0.15) is 44.0 Å². The fourth-order valence-corrected chi connectivity index (χ4v) is 2.01. The first-order valence-corrected chi connectivity index (χ1v) is 6.41. The summed E-state index contributed by atoms with van der Waals surface area (Å²) in [5.41, 5.74) is 11.6. The van der Waals surface area contributed by atoms with Gasteiger partial charge in [0.1, 0.15) is 5.69 Å². The first-order chi connectivity index (χ1) is 9.27. The Bertz CT molecular complexity index is 681. The van der Waals surface area contributed by atoms with Crippen molar-refractivity contribution in [2.75, 3.05) is 0 Å². The van der Waals surface area contributed by atoms with E-state index in [4.69, 9.17) is 5.53 Å². The monoisotopic (exact) mass is 252 g/mol. The maximum absolute atomic E-state index is 8.59. The van der Waals surface area contributed by atoms with Crippen molar-refractivity contribution < 1.29 is 0 Å². The van der Waals surface area contributed by atoms with Crippen molar-refractivity contribution in [1.29, 1.82) is 0 Å². The molecule has 0 spiro atoms. The van der Waals surface area contributed by atoms with Crippen LogP contribution in [0.15, 0.2) is 35.6 Å². The fourth-order valence-electron chi connectivity index (χ4n) is 2.01. The van der Waals surface area contributed by atoms with Gasteiger partial charge in [0, 0.05) is 23.0 Å². The molecule has 96 valence electrons. The van der Waals surface area contributed by atoms with Gasteiger partial charge in [0.15, 0.2) is 0 Å². The topological polar surface area (TPSA) is 53.2 Å². The van der Waals surface area contributed by atoms with Gasteiger partial charge in [-0.1, -0.05) is 30.9 Å². The van der Waals surface area contributed by atoms with Gasteiger partial charge in [-0.2, -0.15) is 0 Å². The Kier molecular flexibility index (Phi) is 4.12. The van der Waals surface area contributed by atoms with Gasteiger partial charge >= 0.3 is 0 Å².